The molecule has 3 aromatic rings. The Hall–Kier alpha value is -4.14. The predicted octanol–water partition coefficient (Wildman–Crippen LogP) is 3.21. The van der Waals surface area contributed by atoms with E-state index in [1.165, 1.54) is 12.3 Å². The molecular weight excluding hydrogens is 526 g/mol. The summed E-state index contributed by atoms with van der Waals surface area (Å²) in [6.45, 7) is 7.06. The van der Waals surface area contributed by atoms with Crippen LogP contribution in [0, 0.1) is 12.7 Å². The third kappa shape index (κ3) is 6.13. The summed E-state index contributed by atoms with van der Waals surface area (Å²) >= 11 is 0. The lowest BCUT2D eigenvalue weighted by atomic mass is 10.1. The van der Waals surface area contributed by atoms with E-state index in [1.807, 2.05) is 13.0 Å². The van der Waals surface area contributed by atoms with Crippen molar-refractivity contribution in [1.82, 2.24) is 19.7 Å². The minimum Gasteiger partial charge on any atom is -0.481 e. The fourth-order valence-electron chi connectivity index (χ4n) is 4.46. The maximum absolute atomic E-state index is 14.6. The van der Waals surface area contributed by atoms with Gasteiger partial charge < -0.3 is 29.8 Å². The molecule has 0 aliphatic carbocycles. The van der Waals surface area contributed by atoms with Crippen molar-refractivity contribution in [1.29, 1.82) is 0 Å². The van der Waals surface area contributed by atoms with Crippen molar-refractivity contribution >= 4 is 34.8 Å². The molecule has 0 radical (unpaired) electrons. The van der Waals surface area contributed by atoms with Gasteiger partial charge in [-0.3, -0.25) is 4.90 Å². The van der Waals surface area contributed by atoms with Crippen molar-refractivity contribution < 1.29 is 37.0 Å². The molecular formula is C24H27F4N7O4. The Kier molecular flexibility index (Phi) is 7.81. The topological polar surface area (TPSA) is 124 Å². The molecule has 2 aliphatic heterocycles. The van der Waals surface area contributed by atoms with E-state index in [0.717, 1.165) is 36.6 Å². The van der Waals surface area contributed by atoms with Crippen LogP contribution in [0.2, 0.25) is 0 Å². The van der Waals surface area contributed by atoms with Gasteiger partial charge in [0.25, 0.3) is 0 Å². The second kappa shape index (κ2) is 10.9. The highest BCUT2D eigenvalue weighted by Crippen LogP contribution is 2.37. The fraction of sp³-hybridized carbons (Fsp3) is 0.417. The van der Waals surface area contributed by atoms with Gasteiger partial charge in [-0.1, -0.05) is 0 Å². The smallest absolute Gasteiger partial charge is 0.481 e. The maximum Gasteiger partial charge on any atom is 0.490 e. The number of nitrogens with one attached hydrogen (secondary N) is 2. The summed E-state index contributed by atoms with van der Waals surface area (Å²) in [5.74, 6) is -2.29. The number of piperazine rings is 1. The number of carbonyl (C=O) groups excluding carboxylic acids is 1. The van der Waals surface area contributed by atoms with E-state index >= 15 is 0 Å². The molecule has 2 aliphatic rings. The lowest BCUT2D eigenvalue weighted by molar-refractivity contribution is -0.192. The Bertz CT molecular complexity index is 1400. The van der Waals surface area contributed by atoms with Crippen molar-refractivity contribution in [2.24, 2.45) is 0 Å². The van der Waals surface area contributed by atoms with Gasteiger partial charge in [0.15, 0.2) is 5.82 Å². The standard InChI is InChI=1S/C22H26FN7O2.C2HF3O2/c1-13-10-28(7-5-24-13)18-9-20(32-3)27-21-15(18)4-6-30(21)22(31)26-17-12-29-11-14(2)25-19(29)8-16(17)23;3-2(4,5)1(6)7/h8-9,11-13,24H,4-7,10H2,1-3H3,(H,26,31);(H,6,7)/t13-;/m0./s1. The van der Waals surface area contributed by atoms with Crippen molar-refractivity contribution in [3.8, 4) is 5.88 Å². The van der Waals surface area contributed by atoms with E-state index in [-0.39, 0.29) is 5.69 Å². The van der Waals surface area contributed by atoms with Crippen molar-refractivity contribution in [3.63, 3.8) is 0 Å². The number of urea groups is 1. The van der Waals surface area contributed by atoms with Crippen molar-refractivity contribution in [3.05, 3.63) is 41.6 Å². The Morgan fingerprint density at radius 1 is 1.21 bits per heavy atom. The number of alkyl halides is 3. The van der Waals surface area contributed by atoms with E-state index < -0.39 is 24.0 Å². The van der Waals surface area contributed by atoms with Crippen LogP contribution in [0.3, 0.4) is 0 Å². The first kappa shape index (κ1) is 27.9. The van der Waals surface area contributed by atoms with Crippen molar-refractivity contribution in [2.75, 3.05) is 48.4 Å². The zero-order valence-electron chi connectivity index (χ0n) is 21.3. The molecule has 1 saturated heterocycles. The summed E-state index contributed by atoms with van der Waals surface area (Å²) in [5, 5.41) is 13.3. The summed E-state index contributed by atoms with van der Waals surface area (Å²) in [7, 11) is 1.57. The van der Waals surface area contributed by atoms with Gasteiger partial charge >= 0.3 is 18.2 Å². The number of aromatic nitrogens is 3. The van der Waals surface area contributed by atoms with Crippen LogP contribution in [0.15, 0.2) is 24.5 Å². The first-order valence-electron chi connectivity index (χ1n) is 12.0. The van der Waals surface area contributed by atoms with Gasteiger partial charge in [-0.2, -0.15) is 18.2 Å². The number of hydrogen-bond acceptors (Lipinski definition) is 7. The molecule has 1 atom stereocenters. The molecule has 11 nitrogen and oxygen atoms in total. The van der Waals surface area contributed by atoms with E-state index in [1.54, 1.807) is 22.6 Å². The molecule has 210 valence electrons. The third-order valence-corrected chi connectivity index (χ3v) is 6.21. The number of carboxylic acids is 1. The molecule has 5 rings (SSSR count). The molecule has 0 spiro atoms. The lowest BCUT2D eigenvalue weighted by Crippen LogP contribution is -2.49. The van der Waals surface area contributed by atoms with Gasteiger partial charge in [-0.15, -0.1) is 0 Å². The molecule has 2 amide bonds. The fourth-order valence-corrected chi connectivity index (χ4v) is 4.46. The lowest BCUT2D eigenvalue weighted by Gasteiger charge is -2.34. The SMILES string of the molecule is COc1cc(N2CCN[C@@H](C)C2)c2c(n1)N(C(=O)Nc1cn3cc(C)nc3cc1F)CC2.O=C(O)C(F)(F)F. The number of imidazole rings is 1. The minimum atomic E-state index is -5.08. The summed E-state index contributed by atoms with van der Waals surface area (Å²) < 4.78 is 53.5. The molecule has 39 heavy (non-hydrogen) atoms. The number of carboxylic acid groups (broad SMARTS) is 1. The van der Waals surface area contributed by atoms with Crippen LogP contribution in [-0.2, 0) is 11.2 Å². The predicted molar refractivity (Wildman–Crippen MR) is 134 cm³/mol. The van der Waals surface area contributed by atoms with Crippen LogP contribution in [0.5, 0.6) is 5.88 Å². The van der Waals surface area contributed by atoms with E-state index in [4.69, 9.17) is 14.6 Å². The van der Waals surface area contributed by atoms with E-state index in [0.29, 0.717) is 36.4 Å². The third-order valence-electron chi connectivity index (χ3n) is 6.21. The van der Waals surface area contributed by atoms with Crippen LogP contribution in [0.1, 0.15) is 18.2 Å². The van der Waals surface area contributed by atoms with Crippen LogP contribution < -0.4 is 25.2 Å². The summed E-state index contributed by atoms with van der Waals surface area (Å²) in [6.07, 6.45) is -1.09. The van der Waals surface area contributed by atoms with Gasteiger partial charge in [0, 0.05) is 68.0 Å². The Morgan fingerprint density at radius 2 is 1.92 bits per heavy atom. The molecule has 0 aromatic carbocycles. The van der Waals surface area contributed by atoms with Gasteiger partial charge in [-0.25, -0.2) is 19.0 Å². The molecule has 3 aromatic heterocycles. The molecule has 5 heterocycles. The van der Waals surface area contributed by atoms with Gasteiger partial charge in [0.2, 0.25) is 5.88 Å². The largest absolute Gasteiger partial charge is 0.490 e. The number of ether oxygens (including phenoxy) is 1. The van der Waals surface area contributed by atoms with Crippen LogP contribution >= 0.6 is 0 Å². The number of aliphatic carboxylic acids is 1. The molecule has 0 unspecified atom stereocenters. The maximum atomic E-state index is 14.6. The Balaban J connectivity index is 0.000000448. The number of methoxy groups -OCH3 is 1. The van der Waals surface area contributed by atoms with Gasteiger partial charge in [0.1, 0.15) is 11.5 Å². The second-order valence-electron chi connectivity index (χ2n) is 9.10. The summed E-state index contributed by atoms with van der Waals surface area (Å²) in [4.78, 5) is 34.7. The summed E-state index contributed by atoms with van der Waals surface area (Å²) in [6, 6.07) is 3.18. The number of aryl methyl sites for hydroxylation is 1. The summed E-state index contributed by atoms with van der Waals surface area (Å²) in [5.41, 5.74) is 3.40. The van der Waals surface area contributed by atoms with Crippen LogP contribution in [-0.4, -0.2) is 77.0 Å². The zero-order chi connectivity index (χ0) is 28.5. The highest BCUT2D eigenvalue weighted by atomic mass is 19.4. The molecule has 0 saturated carbocycles. The number of hydrogen-bond donors (Lipinski definition) is 3. The molecule has 3 N–H and O–H groups in total. The minimum absolute atomic E-state index is 0.0902. The molecule has 15 heteroatoms. The number of pyridine rings is 2. The second-order valence-corrected chi connectivity index (χ2v) is 9.10. The van der Waals surface area contributed by atoms with E-state index in [9.17, 15) is 22.4 Å². The van der Waals surface area contributed by atoms with Crippen LogP contribution in [0.4, 0.5) is 39.5 Å². The molecule has 0 bridgehead atoms. The number of carbonyl (C=O) groups is 2. The number of amides is 2. The highest BCUT2D eigenvalue weighted by molar-refractivity contribution is 6.03. The van der Waals surface area contributed by atoms with E-state index in [2.05, 4.69) is 32.4 Å². The normalized spacial score (nSPS) is 16.9. The quantitative estimate of drug-likeness (QED) is 0.423. The molecule has 1 fully saturated rings. The Labute approximate surface area is 220 Å². The monoisotopic (exact) mass is 553 g/mol. The highest BCUT2D eigenvalue weighted by Gasteiger charge is 2.38. The first-order chi connectivity index (χ1) is 18.4. The number of halogens is 4. The van der Waals surface area contributed by atoms with Gasteiger partial charge in [-0.05, 0) is 20.3 Å². The van der Waals surface area contributed by atoms with Crippen molar-refractivity contribution in [2.45, 2.75) is 32.5 Å². The number of rotatable bonds is 3. The average molecular weight is 554 g/mol. The first-order valence-corrected chi connectivity index (χ1v) is 12.0. The number of anilines is 3. The van der Waals surface area contributed by atoms with Crippen LogP contribution in [0.25, 0.3) is 5.65 Å². The number of nitrogens with zero attached hydrogens (tertiary/aromatic N) is 5. The van der Waals surface area contributed by atoms with Gasteiger partial charge in [0.05, 0.1) is 18.5 Å². The Morgan fingerprint density at radius 3 is 2.56 bits per heavy atom. The zero-order valence-corrected chi connectivity index (χ0v) is 21.3. The average Bonchev–Trinajstić information content (AvgIpc) is 3.45. The number of fused-ring (bicyclic) bond motifs is 2.